The van der Waals surface area contributed by atoms with Gasteiger partial charge in [-0.1, -0.05) is 5.11 Å². The van der Waals surface area contributed by atoms with Gasteiger partial charge in [-0.25, -0.2) is 4.79 Å². The van der Waals surface area contributed by atoms with Crippen LogP contribution in [0, 0.1) is 24.3 Å². The minimum Gasteiger partial charge on any atom is -0.478 e. The first-order valence-electron chi connectivity index (χ1n) is 4.94. The molecular formula is C11H12IN3O2. The van der Waals surface area contributed by atoms with Crippen molar-refractivity contribution >= 4 is 28.6 Å². The number of azide groups is 1. The number of aromatic carboxylic acids is 1. The molecule has 1 rings (SSSR count). The lowest BCUT2D eigenvalue weighted by Gasteiger charge is -2.16. The highest BCUT2D eigenvalue weighted by Crippen LogP contribution is 2.29. The van der Waals surface area contributed by atoms with Gasteiger partial charge in [-0.05, 0) is 71.1 Å². The van der Waals surface area contributed by atoms with Gasteiger partial charge in [0.05, 0.1) is 12.1 Å². The van der Waals surface area contributed by atoms with Crippen molar-refractivity contribution in [3.63, 3.8) is 0 Å². The minimum absolute atomic E-state index is 0.185. The van der Waals surface area contributed by atoms with Crippen LogP contribution in [0.1, 0.15) is 32.6 Å². The zero-order chi connectivity index (χ0) is 13.2. The molecule has 0 atom stereocenters. The van der Waals surface area contributed by atoms with Gasteiger partial charge in [0.15, 0.2) is 0 Å². The summed E-state index contributed by atoms with van der Waals surface area (Å²) in [6.07, 6.45) is 0. The van der Waals surface area contributed by atoms with Gasteiger partial charge in [0, 0.05) is 8.48 Å². The van der Waals surface area contributed by atoms with Crippen molar-refractivity contribution in [3.05, 3.63) is 41.8 Å². The van der Waals surface area contributed by atoms with E-state index in [1.165, 1.54) is 0 Å². The van der Waals surface area contributed by atoms with Crippen molar-refractivity contribution < 1.29 is 9.90 Å². The van der Waals surface area contributed by atoms with Crippen molar-refractivity contribution in [3.8, 4) is 0 Å². The number of halogens is 1. The first-order valence-corrected chi connectivity index (χ1v) is 6.02. The second-order valence-electron chi connectivity index (χ2n) is 3.74. The third kappa shape index (κ3) is 2.53. The van der Waals surface area contributed by atoms with E-state index in [9.17, 15) is 9.90 Å². The Balaban J connectivity index is 3.60. The fraction of sp³-hybridized carbons (Fsp3) is 0.364. The number of benzene rings is 1. The molecule has 1 N–H and O–H groups in total. The Morgan fingerprint density at radius 3 is 2.41 bits per heavy atom. The van der Waals surface area contributed by atoms with Crippen LogP contribution in [0.15, 0.2) is 5.11 Å². The number of rotatable bonds is 3. The lowest BCUT2D eigenvalue weighted by atomic mass is 9.93. The van der Waals surface area contributed by atoms with E-state index in [4.69, 9.17) is 5.53 Å². The molecule has 1 aromatic rings. The number of hydrogen-bond donors (Lipinski definition) is 1. The summed E-state index contributed by atoms with van der Waals surface area (Å²) in [7, 11) is 0. The van der Waals surface area contributed by atoms with Crippen molar-refractivity contribution in [2.45, 2.75) is 27.3 Å². The normalized spacial score (nSPS) is 9.88. The third-order valence-electron chi connectivity index (χ3n) is 2.82. The van der Waals surface area contributed by atoms with E-state index in [1.54, 1.807) is 13.8 Å². The molecule has 0 aliphatic heterocycles. The second-order valence-corrected chi connectivity index (χ2v) is 4.82. The maximum absolute atomic E-state index is 11.2. The van der Waals surface area contributed by atoms with Gasteiger partial charge in [-0.15, -0.1) is 0 Å². The van der Waals surface area contributed by atoms with E-state index in [0.29, 0.717) is 11.1 Å². The van der Waals surface area contributed by atoms with Crippen LogP contribution in [0.5, 0.6) is 0 Å². The van der Waals surface area contributed by atoms with Crippen LogP contribution in [-0.2, 0) is 6.54 Å². The zero-order valence-electron chi connectivity index (χ0n) is 9.78. The molecule has 0 spiro atoms. The molecule has 0 amide bonds. The van der Waals surface area contributed by atoms with E-state index in [0.717, 1.165) is 20.3 Å². The molecule has 5 nitrogen and oxygen atoms in total. The number of carbonyl (C=O) groups is 1. The highest BCUT2D eigenvalue weighted by atomic mass is 127. The third-order valence-corrected chi connectivity index (χ3v) is 4.44. The molecule has 0 aliphatic rings. The monoisotopic (exact) mass is 345 g/mol. The maximum Gasteiger partial charge on any atom is 0.336 e. The minimum atomic E-state index is -0.944. The first kappa shape index (κ1) is 13.8. The average molecular weight is 345 g/mol. The molecule has 0 aliphatic carbocycles. The predicted molar refractivity (Wildman–Crippen MR) is 73.2 cm³/mol. The smallest absolute Gasteiger partial charge is 0.336 e. The number of hydrogen-bond acceptors (Lipinski definition) is 2. The molecule has 6 heteroatoms. The Hall–Kier alpha value is -1.27. The fourth-order valence-electron chi connectivity index (χ4n) is 1.90. The summed E-state index contributed by atoms with van der Waals surface area (Å²) < 4.78 is 0.911. The highest BCUT2D eigenvalue weighted by Gasteiger charge is 2.19. The van der Waals surface area contributed by atoms with E-state index >= 15 is 0 Å². The summed E-state index contributed by atoms with van der Waals surface area (Å²) >= 11 is 2.12. The van der Waals surface area contributed by atoms with Crippen LogP contribution >= 0.6 is 22.6 Å². The van der Waals surface area contributed by atoms with Crippen molar-refractivity contribution in [2.24, 2.45) is 5.11 Å². The number of carboxylic acid groups (broad SMARTS) is 1. The van der Waals surface area contributed by atoms with Crippen LogP contribution in [0.2, 0.25) is 0 Å². The average Bonchev–Trinajstić information content (AvgIpc) is 2.26. The lowest BCUT2D eigenvalue weighted by molar-refractivity contribution is 0.0695. The number of carboxylic acids is 1. The molecule has 0 aromatic heterocycles. The van der Waals surface area contributed by atoms with Crippen molar-refractivity contribution in [1.82, 2.24) is 0 Å². The molecule has 0 bridgehead atoms. The van der Waals surface area contributed by atoms with Gasteiger partial charge in [-0.3, -0.25) is 0 Å². The van der Waals surface area contributed by atoms with E-state index in [-0.39, 0.29) is 6.54 Å². The van der Waals surface area contributed by atoms with Crippen LogP contribution in [-0.4, -0.2) is 11.1 Å². The molecular weight excluding hydrogens is 333 g/mol. The van der Waals surface area contributed by atoms with Gasteiger partial charge < -0.3 is 5.11 Å². The van der Waals surface area contributed by atoms with E-state index < -0.39 is 5.97 Å². The Kier molecular flexibility index (Phi) is 4.36. The van der Waals surface area contributed by atoms with Gasteiger partial charge in [-0.2, -0.15) is 0 Å². The summed E-state index contributed by atoms with van der Waals surface area (Å²) in [5.41, 5.74) is 11.9. The molecule has 0 unspecified atom stereocenters. The van der Waals surface area contributed by atoms with Crippen LogP contribution in [0.3, 0.4) is 0 Å². The van der Waals surface area contributed by atoms with Gasteiger partial charge in [0.25, 0.3) is 0 Å². The van der Waals surface area contributed by atoms with Crippen LogP contribution < -0.4 is 0 Å². The molecule has 0 saturated carbocycles. The summed E-state index contributed by atoms with van der Waals surface area (Å²) in [5.74, 6) is -0.944. The topological polar surface area (TPSA) is 86.1 Å². The van der Waals surface area contributed by atoms with Gasteiger partial charge in [0.1, 0.15) is 0 Å². The standard InChI is InChI=1S/C11H12IN3O2/c1-5-8(4-14-15-13)6(2)10(12)7(3)9(5)11(16)17/h4H2,1-3H3,(H,16,17). The quantitative estimate of drug-likeness (QED) is 0.392. The first-order chi connectivity index (χ1) is 7.91. The summed E-state index contributed by atoms with van der Waals surface area (Å²) in [4.78, 5) is 13.9. The molecule has 0 fully saturated rings. The molecule has 0 saturated heterocycles. The van der Waals surface area contributed by atoms with E-state index in [1.807, 2.05) is 6.92 Å². The van der Waals surface area contributed by atoms with Crippen molar-refractivity contribution in [2.75, 3.05) is 0 Å². The molecule has 0 heterocycles. The Morgan fingerprint density at radius 2 is 1.94 bits per heavy atom. The Labute approximate surface area is 113 Å². The fourth-order valence-corrected chi connectivity index (χ4v) is 2.49. The molecule has 90 valence electrons. The Morgan fingerprint density at radius 1 is 1.35 bits per heavy atom. The molecule has 1 aromatic carbocycles. The second kappa shape index (κ2) is 5.37. The molecule has 17 heavy (non-hydrogen) atoms. The van der Waals surface area contributed by atoms with Gasteiger partial charge in [0.2, 0.25) is 0 Å². The predicted octanol–water partition coefficient (Wildman–Crippen LogP) is 3.72. The van der Waals surface area contributed by atoms with Crippen LogP contribution in [0.4, 0.5) is 0 Å². The van der Waals surface area contributed by atoms with E-state index in [2.05, 4.69) is 32.6 Å². The van der Waals surface area contributed by atoms with Crippen LogP contribution in [0.25, 0.3) is 10.4 Å². The SMILES string of the molecule is Cc1c(I)c(C)c(C(=O)O)c(C)c1CN=[N+]=[N-]. The van der Waals surface area contributed by atoms with Gasteiger partial charge >= 0.3 is 5.97 Å². The summed E-state index contributed by atoms with van der Waals surface area (Å²) in [5, 5.41) is 12.7. The summed E-state index contributed by atoms with van der Waals surface area (Å²) in [6, 6.07) is 0. The lowest BCUT2D eigenvalue weighted by Crippen LogP contribution is -2.10. The largest absolute Gasteiger partial charge is 0.478 e. The van der Waals surface area contributed by atoms with Crippen molar-refractivity contribution in [1.29, 1.82) is 0 Å². The highest BCUT2D eigenvalue weighted by molar-refractivity contribution is 14.1. The zero-order valence-corrected chi connectivity index (χ0v) is 11.9. The maximum atomic E-state index is 11.2. The molecule has 0 radical (unpaired) electrons. The number of nitrogens with zero attached hydrogens (tertiary/aromatic N) is 3. The summed E-state index contributed by atoms with van der Waals surface area (Å²) in [6.45, 7) is 5.64. The Bertz CT molecular complexity index is 534.